The van der Waals surface area contributed by atoms with Gasteiger partial charge in [0, 0.05) is 6.42 Å². The van der Waals surface area contributed by atoms with E-state index in [9.17, 15) is 35.1 Å². The van der Waals surface area contributed by atoms with Gasteiger partial charge in [-0.15, -0.1) is 0 Å². The van der Waals surface area contributed by atoms with Crippen LogP contribution in [0.3, 0.4) is 0 Å². The van der Waals surface area contributed by atoms with E-state index in [-0.39, 0.29) is 19.4 Å². The minimum absolute atomic E-state index is 0.106. The van der Waals surface area contributed by atoms with Crippen molar-refractivity contribution in [3.05, 3.63) is 72.9 Å². The Hall–Kier alpha value is -2.90. The van der Waals surface area contributed by atoms with Crippen molar-refractivity contribution in [3.8, 4) is 0 Å². The van der Waals surface area contributed by atoms with Gasteiger partial charge in [0.15, 0.2) is 12.4 Å². The standard InChI is InChI=1S/C61H107NO10/c1-4-7-10-13-16-19-22-24-25-26-27-28-29-31-34-37-40-43-46-49-56(66)72-59-58(68)57(67)55(50-63)71-61(59)70-51-52(53(64)47-44-41-38-35-32-21-18-15-12-9-6-3)62-60(69)54(65)48-45-42-39-36-33-30-23-20-17-14-11-8-5-2/h8,11,16-17,19-20,24-25,27-28,44,47,52-55,57-59,61,63-65,67-68H,4-7,9-10,12-15,18,21-23,26,29-43,45-46,48-51H2,1-3H3,(H,62,69)/b11-8+,19-16-,20-17+,25-24-,28-27-,47-44+. The lowest BCUT2D eigenvalue weighted by atomic mass is 9.99. The molecule has 8 atom stereocenters. The normalized spacial score (nSPS) is 20.0. The van der Waals surface area contributed by atoms with E-state index in [2.05, 4.69) is 86.8 Å². The van der Waals surface area contributed by atoms with Crippen LogP contribution in [-0.4, -0.2) is 99.6 Å². The molecule has 1 fully saturated rings. The fraction of sp³-hybridized carbons (Fsp3) is 0.770. The van der Waals surface area contributed by atoms with Crippen LogP contribution in [0.25, 0.3) is 0 Å². The Bertz CT molecular complexity index is 1440. The topological polar surface area (TPSA) is 175 Å². The monoisotopic (exact) mass is 1010 g/mol. The van der Waals surface area contributed by atoms with Crippen molar-refractivity contribution in [3.63, 3.8) is 0 Å². The van der Waals surface area contributed by atoms with E-state index in [1.807, 2.05) is 6.08 Å². The molecule has 1 heterocycles. The molecule has 11 heteroatoms. The molecule has 1 saturated heterocycles. The number of amides is 1. The zero-order chi connectivity index (χ0) is 52.5. The molecule has 1 aliphatic heterocycles. The van der Waals surface area contributed by atoms with E-state index < -0.39 is 67.4 Å². The number of nitrogens with one attached hydrogen (secondary N) is 1. The van der Waals surface area contributed by atoms with Crippen LogP contribution in [0.5, 0.6) is 0 Å². The Morgan fingerprint density at radius 3 is 1.53 bits per heavy atom. The molecule has 72 heavy (non-hydrogen) atoms. The molecular weight excluding hydrogens is 907 g/mol. The number of aliphatic hydroxyl groups is 5. The first-order valence-corrected chi connectivity index (χ1v) is 29.2. The summed E-state index contributed by atoms with van der Waals surface area (Å²) in [5, 5.41) is 56.8. The number of carbonyl (C=O) groups excluding carboxylic acids is 2. The SMILES string of the molecule is CC/C=C/C/C=C/CCCCCCCCC(O)C(=O)NC(COC1OC(CO)C(O)C(O)C1OC(=O)CCCCCCCC/C=C\C/C=C\C/C=C\CCCCC)C(O)/C=C/CCCCCCCCCCC. The zero-order valence-corrected chi connectivity index (χ0v) is 45.8. The van der Waals surface area contributed by atoms with E-state index in [4.69, 9.17) is 14.2 Å². The Morgan fingerprint density at radius 1 is 0.556 bits per heavy atom. The molecule has 11 nitrogen and oxygen atoms in total. The fourth-order valence-electron chi connectivity index (χ4n) is 8.69. The maximum Gasteiger partial charge on any atom is 0.306 e. The summed E-state index contributed by atoms with van der Waals surface area (Å²) >= 11 is 0. The predicted molar refractivity (Wildman–Crippen MR) is 296 cm³/mol. The van der Waals surface area contributed by atoms with Crippen LogP contribution in [0.2, 0.25) is 0 Å². The number of unbranched alkanes of at least 4 members (excludes halogenated alkanes) is 24. The molecule has 8 unspecified atom stereocenters. The first-order valence-electron chi connectivity index (χ1n) is 29.2. The van der Waals surface area contributed by atoms with Gasteiger partial charge in [0.25, 0.3) is 0 Å². The summed E-state index contributed by atoms with van der Waals surface area (Å²) in [4.78, 5) is 26.5. The van der Waals surface area contributed by atoms with Gasteiger partial charge in [-0.05, 0) is 89.9 Å². The van der Waals surface area contributed by atoms with Crippen LogP contribution >= 0.6 is 0 Å². The molecule has 0 aromatic carbocycles. The number of hydrogen-bond donors (Lipinski definition) is 6. The Kier molecular flexibility index (Phi) is 45.7. The molecular formula is C61H107NO10. The third-order valence-electron chi connectivity index (χ3n) is 13.3. The summed E-state index contributed by atoms with van der Waals surface area (Å²) in [6, 6.07) is -1.03. The third-order valence-corrected chi connectivity index (χ3v) is 13.3. The van der Waals surface area contributed by atoms with E-state index in [1.54, 1.807) is 6.08 Å². The van der Waals surface area contributed by atoms with Crippen LogP contribution in [0.15, 0.2) is 72.9 Å². The number of aliphatic hydroxyl groups excluding tert-OH is 5. The van der Waals surface area contributed by atoms with Crippen molar-refractivity contribution in [2.24, 2.45) is 0 Å². The van der Waals surface area contributed by atoms with Gasteiger partial charge < -0.3 is 45.1 Å². The summed E-state index contributed by atoms with van der Waals surface area (Å²) in [6.45, 7) is 5.62. The minimum atomic E-state index is -1.62. The van der Waals surface area contributed by atoms with Crippen molar-refractivity contribution in [1.29, 1.82) is 0 Å². The highest BCUT2D eigenvalue weighted by atomic mass is 16.7. The van der Waals surface area contributed by atoms with Gasteiger partial charge in [0.05, 0.1) is 25.4 Å². The highest BCUT2D eigenvalue weighted by Gasteiger charge is 2.47. The summed E-state index contributed by atoms with van der Waals surface area (Å²) in [5.74, 6) is -1.22. The van der Waals surface area contributed by atoms with Gasteiger partial charge in [-0.1, -0.05) is 216 Å². The van der Waals surface area contributed by atoms with Crippen LogP contribution in [0.1, 0.15) is 239 Å². The second-order valence-electron chi connectivity index (χ2n) is 20.0. The number of allylic oxidation sites excluding steroid dienone is 11. The van der Waals surface area contributed by atoms with E-state index in [0.717, 1.165) is 122 Å². The molecule has 0 saturated carbocycles. The van der Waals surface area contributed by atoms with Crippen LogP contribution in [0, 0.1) is 0 Å². The third kappa shape index (κ3) is 36.9. The Labute approximate surface area is 439 Å². The van der Waals surface area contributed by atoms with Crippen molar-refractivity contribution in [1.82, 2.24) is 5.32 Å². The first kappa shape index (κ1) is 67.1. The van der Waals surface area contributed by atoms with Crippen LogP contribution < -0.4 is 5.32 Å². The molecule has 1 amide bonds. The number of carbonyl (C=O) groups is 2. The smallest absolute Gasteiger partial charge is 0.306 e. The second-order valence-corrected chi connectivity index (χ2v) is 20.0. The molecule has 0 aromatic heterocycles. The summed E-state index contributed by atoms with van der Waals surface area (Å²) < 4.78 is 17.6. The van der Waals surface area contributed by atoms with Gasteiger partial charge >= 0.3 is 5.97 Å². The fourth-order valence-corrected chi connectivity index (χ4v) is 8.69. The highest BCUT2D eigenvalue weighted by Crippen LogP contribution is 2.26. The van der Waals surface area contributed by atoms with E-state index >= 15 is 0 Å². The summed E-state index contributed by atoms with van der Waals surface area (Å²) in [6.07, 6.45) is 50.8. The molecule has 416 valence electrons. The van der Waals surface area contributed by atoms with Crippen LogP contribution in [-0.2, 0) is 23.8 Å². The quantitative estimate of drug-likeness (QED) is 0.0195. The zero-order valence-electron chi connectivity index (χ0n) is 45.8. The lowest BCUT2D eigenvalue weighted by Gasteiger charge is -2.41. The predicted octanol–water partition coefficient (Wildman–Crippen LogP) is 13.2. The summed E-state index contributed by atoms with van der Waals surface area (Å²) in [7, 11) is 0. The van der Waals surface area contributed by atoms with Gasteiger partial charge in [-0.2, -0.15) is 0 Å². The van der Waals surface area contributed by atoms with E-state index in [0.29, 0.717) is 12.8 Å². The van der Waals surface area contributed by atoms with Gasteiger partial charge in [0.1, 0.15) is 24.4 Å². The van der Waals surface area contributed by atoms with Crippen molar-refractivity contribution < 1.29 is 49.3 Å². The molecule has 1 aliphatic rings. The second kappa shape index (κ2) is 49.0. The van der Waals surface area contributed by atoms with Gasteiger partial charge in [-0.3, -0.25) is 9.59 Å². The molecule has 0 bridgehead atoms. The number of ether oxygens (including phenoxy) is 3. The van der Waals surface area contributed by atoms with Crippen molar-refractivity contribution in [2.75, 3.05) is 13.2 Å². The molecule has 1 rings (SSSR count). The van der Waals surface area contributed by atoms with Crippen molar-refractivity contribution >= 4 is 11.9 Å². The largest absolute Gasteiger partial charge is 0.454 e. The maximum atomic E-state index is 13.4. The number of hydrogen-bond acceptors (Lipinski definition) is 10. The lowest BCUT2D eigenvalue weighted by molar-refractivity contribution is -0.305. The Morgan fingerprint density at radius 2 is 1.00 bits per heavy atom. The van der Waals surface area contributed by atoms with Crippen LogP contribution in [0.4, 0.5) is 0 Å². The van der Waals surface area contributed by atoms with Crippen molar-refractivity contribution in [2.45, 2.75) is 288 Å². The number of rotatable bonds is 48. The first-order chi connectivity index (χ1) is 35.2. The minimum Gasteiger partial charge on any atom is -0.454 e. The number of esters is 1. The molecule has 0 aromatic rings. The van der Waals surface area contributed by atoms with Gasteiger partial charge in [0.2, 0.25) is 5.91 Å². The molecule has 0 radical (unpaired) electrons. The van der Waals surface area contributed by atoms with Gasteiger partial charge in [-0.25, -0.2) is 0 Å². The lowest BCUT2D eigenvalue weighted by Crippen LogP contribution is -2.61. The molecule has 6 N–H and O–H groups in total. The molecule has 0 aliphatic carbocycles. The average molecular weight is 1010 g/mol. The average Bonchev–Trinajstić information content (AvgIpc) is 3.38. The maximum absolute atomic E-state index is 13.4. The highest BCUT2D eigenvalue weighted by molar-refractivity contribution is 5.80. The van der Waals surface area contributed by atoms with E-state index in [1.165, 1.54) is 70.6 Å². The summed E-state index contributed by atoms with van der Waals surface area (Å²) in [5.41, 5.74) is 0. The molecule has 0 spiro atoms. The Balaban J connectivity index is 2.70.